The number of hydrogen-bond acceptors (Lipinski definition) is 5. The third-order valence-corrected chi connectivity index (χ3v) is 3.05. The molecule has 0 aliphatic heterocycles. The van der Waals surface area contributed by atoms with E-state index in [4.69, 9.17) is 0 Å². The lowest BCUT2D eigenvalue weighted by molar-refractivity contribution is 0.623. The second kappa shape index (κ2) is 5.48. The molecule has 1 aromatic carbocycles. The van der Waals surface area contributed by atoms with Crippen molar-refractivity contribution >= 4 is 27.8 Å². The molecule has 0 saturated heterocycles. The van der Waals surface area contributed by atoms with Crippen molar-refractivity contribution in [1.82, 2.24) is 15.0 Å². The van der Waals surface area contributed by atoms with Crippen LogP contribution in [0.1, 0.15) is 0 Å². The Morgan fingerprint density at radius 2 is 1.95 bits per heavy atom. The number of benzene rings is 1. The molecular formula is C12H13BrFN5. The zero-order chi connectivity index (χ0) is 14.0. The van der Waals surface area contributed by atoms with Crippen molar-refractivity contribution in [3.63, 3.8) is 0 Å². The summed E-state index contributed by atoms with van der Waals surface area (Å²) in [7, 11) is 5.33. The molecule has 0 bridgehead atoms. The van der Waals surface area contributed by atoms with Crippen molar-refractivity contribution in [2.45, 2.75) is 0 Å². The first-order valence-corrected chi connectivity index (χ1v) is 6.37. The summed E-state index contributed by atoms with van der Waals surface area (Å²) in [6.45, 7) is 0. The van der Waals surface area contributed by atoms with Gasteiger partial charge in [0, 0.05) is 21.1 Å². The van der Waals surface area contributed by atoms with Crippen molar-refractivity contribution in [2.75, 3.05) is 31.4 Å². The van der Waals surface area contributed by atoms with Gasteiger partial charge in [-0.05, 0) is 28.1 Å². The largest absolute Gasteiger partial charge is 0.357 e. The highest BCUT2D eigenvalue weighted by Crippen LogP contribution is 2.26. The van der Waals surface area contributed by atoms with Crippen LogP contribution in [0.5, 0.6) is 0 Å². The number of hydrogen-bond donors (Lipinski definition) is 1. The van der Waals surface area contributed by atoms with Crippen molar-refractivity contribution < 1.29 is 4.39 Å². The van der Waals surface area contributed by atoms with E-state index in [9.17, 15) is 4.39 Å². The molecule has 5 nitrogen and oxygen atoms in total. The number of rotatable bonds is 3. The van der Waals surface area contributed by atoms with E-state index < -0.39 is 0 Å². The number of anilines is 2. The smallest absolute Gasteiger partial charge is 0.230 e. The summed E-state index contributed by atoms with van der Waals surface area (Å²) in [5.74, 6) is 0.768. The molecule has 0 fully saturated rings. The first kappa shape index (κ1) is 13.7. The van der Waals surface area contributed by atoms with Crippen LogP contribution in [0.2, 0.25) is 0 Å². The van der Waals surface area contributed by atoms with Gasteiger partial charge in [0.1, 0.15) is 5.82 Å². The van der Waals surface area contributed by atoms with E-state index in [1.54, 1.807) is 30.1 Å². The summed E-state index contributed by atoms with van der Waals surface area (Å²) < 4.78 is 14.5. The van der Waals surface area contributed by atoms with E-state index in [1.807, 2.05) is 14.1 Å². The van der Waals surface area contributed by atoms with Gasteiger partial charge in [-0.15, -0.1) is 0 Å². The third-order valence-electron chi connectivity index (χ3n) is 2.44. The molecule has 0 saturated carbocycles. The molecule has 0 aliphatic rings. The molecule has 0 aliphatic carbocycles. The lowest BCUT2D eigenvalue weighted by atomic mass is 10.2. The van der Waals surface area contributed by atoms with Gasteiger partial charge in [-0.1, -0.05) is 6.07 Å². The Balaban J connectivity index is 2.61. The highest BCUT2D eigenvalue weighted by Gasteiger charge is 2.14. The minimum absolute atomic E-state index is 0.293. The van der Waals surface area contributed by atoms with Crippen molar-refractivity contribution in [3.05, 3.63) is 28.5 Å². The molecule has 1 aromatic heterocycles. The average molecular weight is 326 g/mol. The molecule has 0 amide bonds. The Hall–Kier alpha value is -1.76. The molecule has 19 heavy (non-hydrogen) atoms. The molecule has 0 atom stereocenters. The molecule has 2 aromatic rings. The third kappa shape index (κ3) is 2.81. The maximum Gasteiger partial charge on any atom is 0.230 e. The van der Waals surface area contributed by atoms with Gasteiger partial charge in [0.25, 0.3) is 0 Å². The molecule has 1 heterocycles. The summed E-state index contributed by atoms with van der Waals surface area (Å²) in [6, 6.07) is 5.00. The predicted molar refractivity (Wildman–Crippen MR) is 76.8 cm³/mol. The first-order valence-electron chi connectivity index (χ1n) is 5.58. The van der Waals surface area contributed by atoms with Gasteiger partial charge in [0.2, 0.25) is 11.9 Å². The van der Waals surface area contributed by atoms with Crippen molar-refractivity contribution in [2.24, 2.45) is 0 Å². The number of halogens is 2. The Morgan fingerprint density at radius 3 is 2.58 bits per heavy atom. The Bertz CT molecular complexity index is 603. The zero-order valence-electron chi connectivity index (χ0n) is 10.8. The molecule has 0 unspecified atom stereocenters. The van der Waals surface area contributed by atoms with Gasteiger partial charge >= 0.3 is 0 Å². The maximum absolute atomic E-state index is 14.1. The van der Waals surface area contributed by atoms with Gasteiger partial charge in [0.05, 0.1) is 10.0 Å². The SMILES string of the molecule is CNc1nc(-c2cccc(Br)c2F)nc(N(C)C)n1. The number of nitrogens with zero attached hydrogens (tertiary/aromatic N) is 4. The molecule has 0 radical (unpaired) electrons. The fourth-order valence-electron chi connectivity index (χ4n) is 1.47. The van der Waals surface area contributed by atoms with E-state index in [0.29, 0.717) is 27.8 Å². The fraction of sp³-hybridized carbons (Fsp3) is 0.250. The summed E-state index contributed by atoms with van der Waals surface area (Å²) in [4.78, 5) is 14.4. The van der Waals surface area contributed by atoms with E-state index in [-0.39, 0.29) is 5.82 Å². The van der Waals surface area contributed by atoms with Gasteiger partial charge in [-0.25, -0.2) is 4.39 Å². The Kier molecular flexibility index (Phi) is 3.94. The van der Waals surface area contributed by atoms with Crippen LogP contribution in [-0.4, -0.2) is 36.1 Å². The van der Waals surface area contributed by atoms with Crippen LogP contribution in [0.3, 0.4) is 0 Å². The molecule has 2 rings (SSSR count). The lowest BCUT2D eigenvalue weighted by Crippen LogP contribution is -2.15. The summed E-state index contributed by atoms with van der Waals surface area (Å²) in [5.41, 5.74) is 0.330. The first-order chi connectivity index (χ1) is 9.02. The van der Waals surface area contributed by atoms with E-state index in [1.165, 1.54) is 0 Å². The highest BCUT2D eigenvalue weighted by atomic mass is 79.9. The van der Waals surface area contributed by atoms with Crippen LogP contribution in [0, 0.1) is 5.82 Å². The maximum atomic E-state index is 14.1. The average Bonchev–Trinajstić information content (AvgIpc) is 2.41. The van der Waals surface area contributed by atoms with Gasteiger partial charge in [-0.3, -0.25) is 0 Å². The standard InChI is InChI=1S/C12H13BrFN5/c1-15-11-16-10(17-12(18-11)19(2)3)7-5-4-6-8(13)9(7)14/h4-6H,1-3H3,(H,15,16,17,18). The normalized spacial score (nSPS) is 10.4. The fourth-order valence-corrected chi connectivity index (χ4v) is 1.84. The van der Waals surface area contributed by atoms with Crippen molar-refractivity contribution in [1.29, 1.82) is 0 Å². The van der Waals surface area contributed by atoms with E-state index in [0.717, 1.165) is 0 Å². The van der Waals surface area contributed by atoms with Crippen molar-refractivity contribution in [3.8, 4) is 11.4 Å². The van der Waals surface area contributed by atoms with Crippen LogP contribution in [-0.2, 0) is 0 Å². The summed E-state index contributed by atoms with van der Waals surface area (Å²) in [5, 5.41) is 2.84. The number of aromatic nitrogens is 3. The zero-order valence-corrected chi connectivity index (χ0v) is 12.4. The molecular weight excluding hydrogens is 313 g/mol. The van der Waals surface area contributed by atoms with Crippen LogP contribution in [0.4, 0.5) is 16.3 Å². The molecule has 0 spiro atoms. The predicted octanol–water partition coefficient (Wildman–Crippen LogP) is 2.55. The van der Waals surface area contributed by atoms with Crippen LogP contribution in [0.25, 0.3) is 11.4 Å². The van der Waals surface area contributed by atoms with Crippen LogP contribution >= 0.6 is 15.9 Å². The van der Waals surface area contributed by atoms with E-state index in [2.05, 4.69) is 36.2 Å². The Morgan fingerprint density at radius 1 is 1.21 bits per heavy atom. The highest BCUT2D eigenvalue weighted by molar-refractivity contribution is 9.10. The second-order valence-corrected chi connectivity index (χ2v) is 4.88. The van der Waals surface area contributed by atoms with Gasteiger partial charge < -0.3 is 10.2 Å². The summed E-state index contributed by atoms with van der Waals surface area (Å²) >= 11 is 3.15. The van der Waals surface area contributed by atoms with Crippen LogP contribution in [0.15, 0.2) is 22.7 Å². The number of nitrogens with one attached hydrogen (secondary N) is 1. The van der Waals surface area contributed by atoms with Crippen LogP contribution < -0.4 is 10.2 Å². The second-order valence-electron chi connectivity index (χ2n) is 4.03. The Labute approximate surface area is 119 Å². The van der Waals surface area contributed by atoms with Gasteiger partial charge in [-0.2, -0.15) is 15.0 Å². The quantitative estimate of drug-likeness (QED) is 0.939. The monoisotopic (exact) mass is 325 g/mol. The molecule has 7 heteroatoms. The minimum Gasteiger partial charge on any atom is -0.357 e. The minimum atomic E-state index is -0.388. The summed E-state index contributed by atoms with van der Waals surface area (Å²) in [6.07, 6.45) is 0. The molecule has 1 N–H and O–H groups in total. The topological polar surface area (TPSA) is 53.9 Å². The van der Waals surface area contributed by atoms with E-state index >= 15 is 0 Å². The van der Waals surface area contributed by atoms with Gasteiger partial charge in [0.15, 0.2) is 5.82 Å². The molecule has 100 valence electrons. The lowest BCUT2D eigenvalue weighted by Gasteiger charge is -2.13.